The van der Waals surface area contributed by atoms with Gasteiger partial charge in [0, 0.05) is 45.7 Å². The van der Waals surface area contributed by atoms with Gasteiger partial charge >= 0.3 is 0 Å². The van der Waals surface area contributed by atoms with Crippen LogP contribution in [0.5, 0.6) is 0 Å². The lowest BCUT2D eigenvalue weighted by molar-refractivity contribution is -0.137. The molecule has 0 aromatic carbocycles. The lowest BCUT2D eigenvalue weighted by atomic mass is 9.96. The zero-order chi connectivity index (χ0) is 15.5. The molecule has 2 saturated heterocycles. The van der Waals surface area contributed by atoms with Crippen molar-refractivity contribution in [3.8, 4) is 0 Å². The fourth-order valence-corrected chi connectivity index (χ4v) is 3.63. The number of rotatable bonds is 4. The molecule has 6 nitrogen and oxygen atoms in total. The zero-order valence-electron chi connectivity index (χ0n) is 13.5. The van der Waals surface area contributed by atoms with Crippen LogP contribution in [0.3, 0.4) is 0 Å². The normalized spacial score (nSPS) is 27.5. The van der Waals surface area contributed by atoms with Crippen molar-refractivity contribution in [2.45, 2.75) is 38.0 Å². The Labute approximate surface area is 132 Å². The van der Waals surface area contributed by atoms with Crippen molar-refractivity contribution in [1.82, 2.24) is 19.6 Å². The summed E-state index contributed by atoms with van der Waals surface area (Å²) in [6.07, 6.45) is 6.97. The molecule has 0 saturated carbocycles. The molecule has 2 atom stereocenters. The highest BCUT2D eigenvalue weighted by atomic mass is 16.5. The van der Waals surface area contributed by atoms with E-state index in [1.807, 2.05) is 35.1 Å². The second-order valence-corrected chi connectivity index (χ2v) is 6.55. The summed E-state index contributed by atoms with van der Waals surface area (Å²) in [5.74, 6) is 0.900. The standard InChI is InChI=1S/C16H26N4O2/c1-18-12-14(22-2)10-15(18)16(21)19-8-4-13(5-9-19)11-20-7-3-6-17-20/h3,6-7,13-15H,4-5,8-12H2,1-2H3/t14-,15-/m0/s1. The molecule has 0 bridgehead atoms. The molecule has 2 aliphatic rings. The summed E-state index contributed by atoms with van der Waals surface area (Å²) in [5.41, 5.74) is 0. The van der Waals surface area contributed by atoms with Gasteiger partial charge in [-0.3, -0.25) is 14.4 Å². The molecule has 0 unspecified atom stereocenters. The third-order valence-electron chi connectivity index (χ3n) is 5.06. The van der Waals surface area contributed by atoms with E-state index in [1.54, 1.807) is 7.11 Å². The molecule has 0 N–H and O–H groups in total. The number of methoxy groups -OCH3 is 1. The Morgan fingerprint density at radius 2 is 2.14 bits per heavy atom. The van der Waals surface area contributed by atoms with E-state index in [2.05, 4.69) is 10.00 Å². The van der Waals surface area contributed by atoms with E-state index in [4.69, 9.17) is 4.74 Å². The minimum Gasteiger partial charge on any atom is -0.380 e. The van der Waals surface area contributed by atoms with Gasteiger partial charge in [-0.05, 0) is 38.3 Å². The number of hydrogen-bond donors (Lipinski definition) is 0. The van der Waals surface area contributed by atoms with Gasteiger partial charge in [-0.25, -0.2) is 0 Å². The summed E-state index contributed by atoms with van der Waals surface area (Å²) < 4.78 is 7.40. The fraction of sp³-hybridized carbons (Fsp3) is 0.750. The van der Waals surface area contributed by atoms with Crippen LogP contribution in [-0.4, -0.2) is 71.4 Å². The monoisotopic (exact) mass is 306 g/mol. The molecular weight excluding hydrogens is 280 g/mol. The summed E-state index contributed by atoms with van der Waals surface area (Å²) >= 11 is 0. The molecule has 1 amide bonds. The number of amides is 1. The predicted octanol–water partition coefficient (Wildman–Crippen LogP) is 0.841. The smallest absolute Gasteiger partial charge is 0.240 e. The number of carbonyl (C=O) groups excluding carboxylic acids is 1. The molecule has 1 aromatic heterocycles. The van der Waals surface area contributed by atoms with Gasteiger partial charge < -0.3 is 9.64 Å². The lowest BCUT2D eigenvalue weighted by Crippen LogP contribution is -2.47. The fourth-order valence-electron chi connectivity index (χ4n) is 3.63. The van der Waals surface area contributed by atoms with Crippen LogP contribution >= 0.6 is 0 Å². The first kappa shape index (κ1) is 15.5. The third kappa shape index (κ3) is 3.33. The maximum Gasteiger partial charge on any atom is 0.240 e. The van der Waals surface area contributed by atoms with Gasteiger partial charge in [0.1, 0.15) is 0 Å². The highest BCUT2D eigenvalue weighted by molar-refractivity contribution is 5.82. The maximum absolute atomic E-state index is 12.7. The first-order chi connectivity index (χ1) is 10.7. The Hall–Kier alpha value is -1.40. The van der Waals surface area contributed by atoms with Crippen LogP contribution < -0.4 is 0 Å². The quantitative estimate of drug-likeness (QED) is 0.827. The highest BCUT2D eigenvalue weighted by Gasteiger charge is 2.37. The van der Waals surface area contributed by atoms with Crippen molar-refractivity contribution < 1.29 is 9.53 Å². The van der Waals surface area contributed by atoms with Crippen molar-refractivity contribution in [2.24, 2.45) is 5.92 Å². The summed E-state index contributed by atoms with van der Waals surface area (Å²) in [7, 11) is 3.75. The third-order valence-corrected chi connectivity index (χ3v) is 5.06. The molecule has 6 heteroatoms. The second kappa shape index (κ2) is 6.79. The van der Waals surface area contributed by atoms with Gasteiger partial charge in [0.15, 0.2) is 0 Å². The van der Waals surface area contributed by atoms with Crippen LogP contribution in [0, 0.1) is 5.92 Å². The van der Waals surface area contributed by atoms with Crippen LogP contribution in [0.4, 0.5) is 0 Å². The number of aromatic nitrogens is 2. The highest BCUT2D eigenvalue weighted by Crippen LogP contribution is 2.24. The Bertz CT molecular complexity index is 482. The lowest BCUT2D eigenvalue weighted by Gasteiger charge is -2.34. The number of ether oxygens (including phenoxy) is 1. The molecule has 3 rings (SSSR count). The second-order valence-electron chi connectivity index (χ2n) is 6.55. The Balaban J connectivity index is 1.49. The molecule has 2 aliphatic heterocycles. The van der Waals surface area contributed by atoms with Gasteiger partial charge in [0.05, 0.1) is 12.1 Å². The van der Waals surface area contributed by atoms with Gasteiger partial charge in [0.2, 0.25) is 5.91 Å². The Morgan fingerprint density at radius 3 is 2.73 bits per heavy atom. The van der Waals surface area contributed by atoms with E-state index >= 15 is 0 Å². The molecular formula is C16H26N4O2. The number of hydrogen-bond acceptors (Lipinski definition) is 4. The number of likely N-dealkylation sites (tertiary alicyclic amines) is 2. The molecule has 0 spiro atoms. The summed E-state index contributed by atoms with van der Waals surface area (Å²) in [6.45, 7) is 3.55. The van der Waals surface area contributed by atoms with E-state index in [-0.39, 0.29) is 18.1 Å². The van der Waals surface area contributed by atoms with Crippen molar-refractivity contribution in [3.05, 3.63) is 18.5 Å². The van der Waals surface area contributed by atoms with Crippen LogP contribution in [0.25, 0.3) is 0 Å². The first-order valence-electron chi connectivity index (χ1n) is 8.16. The number of piperidine rings is 1. The molecule has 1 aromatic rings. The maximum atomic E-state index is 12.7. The van der Waals surface area contributed by atoms with Crippen molar-refractivity contribution >= 4 is 5.91 Å². The summed E-state index contributed by atoms with van der Waals surface area (Å²) in [4.78, 5) is 16.9. The number of nitrogens with zero attached hydrogens (tertiary/aromatic N) is 4. The first-order valence-corrected chi connectivity index (χ1v) is 8.16. The van der Waals surface area contributed by atoms with Crippen molar-refractivity contribution in [2.75, 3.05) is 33.8 Å². The van der Waals surface area contributed by atoms with Gasteiger partial charge in [0.25, 0.3) is 0 Å². The van der Waals surface area contributed by atoms with Gasteiger partial charge in [-0.15, -0.1) is 0 Å². The van der Waals surface area contributed by atoms with Crippen molar-refractivity contribution in [3.63, 3.8) is 0 Å². The number of likely N-dealkylation sites (N-methyl/N-ethyl adjacent to an activating group) is 1. The molecule has 2 fully saturated rings. The average molecular weight is 306 g/mol. The Morgan fingerprint density at radius 1 is 1.36 bits per heavy atom. The Kier molecular flexibility index (Phi) is 4.78. The zero-order valence-corrected chi connectivity index (χ0v) is 13.5. The van der Waals surface area contributed by atoms with E-state index in [0.717, 1.165) is 45.4 Å². The molecule has 22 heavy (non-hydrogen) atoms. The molecule has 0 radical (unpaired) electrons. The summed E-state index contributed by atoms with van der Waals surface area (Å²) in [6, 6.07) is 1.95. The van der Waals surface area contributed by atoms with Crippen LogP contribution in [0.15, 0.2) is 18.5 Å². The topological polar surface area (TPSA) is 50.6 Å². The summed E-state index contributed by atoms with van der Waals surface area (Å²) in [5, 5.41) is 4.27. The van der Waals surface area contributed by atoms with Gasteiger partial charge in [-0.2, -0.15) is 5.10 Å². The molecule has 3 heterocycles. The van der Waals surface area contributed by atoms with Crippen molar-refractivity contribution in [1.29, 1.82) is 0 Å². The number of carbonyl (C=O) groups is 1. The van der Waals surface area contributed by atoms with Crippen LogP contribution in [0.2, 0.25) is 0 Å². The minimum absolute atomic E-state index is 0.00684. The average Bonchev–Trinajstić information content (AvgIpc) is 3.17. The SMILES string of the molecule is CO[C@H]1C[C@@H](C(=O)N2CCC(Cn3cccn3)CC2)N(C)C1. The molecule has 0 aliphatic carbocycles. The predicted molar refractivity (Wildman–Crippen MR) is 83.4 cm³/mol. The largest absolute Gasteiger partial charge is 0.380 e. The van der Waals surface area contributed by atoms with Crippen LogP contribution in [-0.2, 0) is 16.1 Å². The van der Waals surface area contributed by atoms with E-state index in [1.165, 1.54) is 0 Å². The van der Waals surface area contributed by atoms with E-state index < -0.39 is 0 Å². The molecule has 122 valence electrons. The van der Waals surface area contributed by atoms with Crippen LogP contribution in [0.1, 0.15) is 19.3 Å². The van der Waals surface area contributed by atoms with E-state index in [0.29, 0.717) is 5.92 Å². The minimum atomic E-state index is -0.00684. The van der Waals surface area contributed by atoms with E-state index in [9.17, 15) is 4.79 Å². The van der Waals surface area contributed by atoms with Gasteiger partial charge in [-0.1, -0.05) is 0 Å².